The van der Waals surface area contributed by atoms with Gasteiger partial charge in [-0.1, -0.05) is 6.42 Å². The summed E-state index contributed by atoms with van der Waals surface area (Å²) in [5.41, 5.74) is -5.48. The molecule has 0 amide bonds. The van der Waals surface area contributed by atoms with E-state index >= 15 is 0 Å². The van der Waals surface area contributed by atoms with Crippen LogP contribution in [0.4, 0.5) is 13.2 Å². The summed E-state index contributed by atoms with van der Waals surface area (Å²) in [7, 11) is -5.89. The highest BCUT2D eigenvalue weighted by Gasteiger charge is 2.49. The fourth-order valence-corrected chi connectivity index (χ4v) is 3.82. The molecule has 0 unspecified atom stereocenters. The molecule has 25 heavy (non-hydrogen) atoms. The maximum absolute atomic E-state index is 12.7. The molecule has 0 saturated carbocycles. The summed E-state index contributed by atoms with van der Waals surface area (Å²) in [5.74, 6) is -0.728. The van der Waals surface area contributed by atoms with E-state index in [1.54, 1.807) is 6.07 Å². The lowest BCUT2D eigenvalue weighted by molar-refractivity contribution is -0.0500. The van der Waals surface area contributed by atoms with Crippen molar-refractivity contribution in [2.75, 3.05) is 13.1 Å². The van der Waals surface area contributed by atoms with E-state index in [-0.39, 0.29) is 12.1 Å². The molecule has 2 aliphatic rings. The lowest BCUT2D eigenvalue weighted by atomic mass is 10.1. The van der Waals surface area contributed by atoms with E-state index in [0.29, 0.717) is 25.1 Å². The average Bonchev–Trinajstić information content (AvgIpc) is 2.99. The number of hydrogen-bond donors (Lipinski definition) is 0. The first-order valence-electron chi connectivity index (χ1n) is 8.18. The topological polar surface area (TPSA) is 68.6 Å². The molecular weight excluding hydrogens is 361 g/mol. The van der Waals surface area contributed by atoms with Gasteiger partial charge in [0.15, 0.2) is 0 Å². The Morgan fingerprint density at radius 2 is 1.76 bits per heavy atom. The molecule has 1 aromatic rings. The van der Waals surface area contributed by atoms with Gasteiger partial charge in [-0.2, -0.15) is 21.6 Å². The minimum atomic E-state index is -5.89. The number of piperidine rings is 1. The minimum Gasteiger partial charge on any atom is -0.370 e. The summed E-state index contributed by atoms with van der Waals surface area (Å²) in [5, 5.41) is 0. The molecule has 0 aromatic carbocycles. The Balaban J connectivity index is 2.01. The molecule has 0 spiro atoms. The smallest absolute Gasteiger partial charge is 0.370 e. The number of likely N-dealkylation sites (tertiary alicyclic amines) is 1. The molecule has 0 aliphatic carbocycles. The Morgan fingerprint density at radius 3 is 2.40 bits per heavy atom. The number of alkyl halides is 3. The number of rotatable bonds is 4. The van der Waals surface area contributed by atoms with Crippen molar-refractivity contribution in [2.24, 2.45) is 0 Å². The molecule has 0 radical (unpaired) electrons. The van der Waals surface area contributed by atoms with Crippen molar-refractivity contribution in [2.45, 2.75) is 50.7 Å². The van der Waals surface area contributed by atoms with Gasteiger partial charge in [-0.05, 0) is 44.8 Å². The van der Waals surface area contributed by atoms with E-state index in [2.05, 4.69) is 4.18 Å². The van der Waals surface area contributed by atoms with E-state index in [4.69, 9.17) is 0 Å². The number of hydrogen-bond acceptors (Lipinski definition) is 5. The Bertz CT molecular complexity index is 811. The van der Waals surface area contributed by atoms with Crippen molar-refractivity contribution < 1.29 is 25.8 Å². The third-order valence-corrected chi connectivity index (χ3v) is 5.51. The van der Waals surface area contributed by atoms with Crippen LogP contribution in [-0.2, 0) is 29.6 Å². The Morgan fingerprint density at radius 1 is 1.08 bits per heavy atom. The Hall–Kier alpha value is -1.55. The van der Waals surface area contributed by atoms with Gasteiger partial charge in [0.2, 0.25) is 5.75 Å². The van der Waals surface area contributed by atoms with Crippen LogP contribution in [-0.4, -0.2) is 36.5 Å². The van der Waals surface area contributed by atoms with Crippen LogP contribution in [0, 0.1) is 0 Å². The van der Waals surface area contributed by atoms with Gasteiger partial charge < -0.3 is 8.75 Å². The average molecular weight is 380 g/mol. The molecule has 6 nitrogen and oxygen atoms in total. The summed E-state index contributed by atoms with van der Waals surface area (Å²) in [6.07, 6.45) is 4.32. The van der Waals surface area contributed by atoms with Crippen molar-refractivity contribution in [1.82, 2.24) is 9.47 Å². The lowest BCUT2D eigenvalue weighted by Crippen LogP contribution is -2.34. The maximum atomic E-state index is 12.7. The Labute approximate surface area is 143 Å². The van der Waals surface area contributed by atoms with Crippen LogP contribution in [0.15, 0.2) is 10.9 Å². The van der Waals surface area contributed by atoms with Gasteiger partial charge in [0.05, 0.1) is 0 Å². The summed E-state index contributed by atoms with van der Waals surface area (Å²) in [6.45, 7) is 2.06. The maximum Gasteiger partial charge on any atom is 0.534 e. The normalized spacial score (nSPS) is 19.0. The van der Waals surface area contributed by atoms with Crippen LogP contribution in [0.25, 0.3) is 0 Å². The number of nitrogens with zero attached hydrogens (tertiary/aromatic N) is 2. The lowest BCUT2D eigenvalue weighted by Gasteiger charge is -2.27. The SMILES string of the molecule is O=c1c(OS(=O)(=O)C(F)(F)F)c(CN2CCCCC2)cc2n1CCC2. The molecule has 3 heterocycles. The molecule has 0 bridgehead atoms. The van der Waals surface area contributed by atoms with Crippen LogP contribution in [0.2, 0.25) is 0 Å². The van der Waals surface area contributed by atoms with E-state index in [0.717, 1.165) is 32.4 Å². The van der Waals surface area contributed by atoms with E-state index < -0.39 is 26.9 Å². The van der Waals surface area contributed by atoms with Gasteiger partial charge in [0.1, 0.15) is 0 Å². The van der Waals surface area contributed by atoms with Crippen LogP contribution in [0.1, 0.15) is 36.9 Å². The highest BCUT2D eigenvalue weighted by molar-refractivity contribution is 7.88. The van der Waals surface area contributed by atoms with Gasteiger partial charge in [0, 0.05) is 24.3 Å². The van der Waals surface area contributed by atoms with Gasteiger partial charge in [-0.25, -0.2) is 0 Å². The number of halogens is 3. The largest absolute Gasteiger partial charge is 0.534 e. The zero-order valence-corrected chi connectivity index (χ0v) is 14.3. The first-order chi connectivity index (χ1) is 11.7. The quantitative estimate of drug-likeness (QED) is 0.590. The molecule has 1 fully saturated rings. The molecule has 0 atom stereocenters. The van der Waals surface area contributed by atoms with Gasteiger partial charge in [-0.15, -0.1) is 0 Å². The molecule has 3 rings (SSSR count). The second-order valence-electron chi connectivity index (χ2n) is 6.37. The van der Waals surface area contributed by atoms with Crippen molar-refractivity contribution in [1.29, 1.82) is 0 Å². The van der Waals surface area contributed by atoms with Crippen molar-refractivity contribution in [3.05, 3.63) is 27.7 Å². The standard InChI is InChI=1S/C15H19F3N2O4S/c16-15(17,18)25(22,23)24-13-11(10-19-6-2-1-3-7-19)9-12-5-4-8-20(12)14(13)21/h9H,1-8,10H2. The minimum absolute atomic E-state index is 0.200. The number of pyridine rings is 1. The molecule has 140 valence electrons. The molecule has 1 saturated heterocycles. The second kappa shape index (κ2) is 6.64. The predicted molar refractivity (Wildman–Crippen MR) is 83.8 cm³/mol. The summed E-state index contributed by atoms with van der Waals surface area (Å²) in [6, 6.07) is 1.60. The summed E-state index contributed by atoms with van der Waals surface area (Å²) < 4.78 is 66.4. The van der Waals surface area contributed by atoms with Gasteiger partial charge in [-0.3, -0.25) is 9.69 Å². The fraction of sp³-hybridized carbons (Fsp3) is 0.667. The van der Waals surface area contributed by atoms with Gasteiger partial charge >= 0.3 is 15.6 Å². The van der Waals surface area contributed by atoms with Crippen LogP contribution in [0.5, 0.6) is 5.75 Å². The van der Waals surface area contributed by atoms with E-state index in [9.17, 15) is 26.4 Å². The third-order valence-electron chi connectivity index (χ3n) is 4.55. The van der Waals surface area contributed by atoms with Crippen LogP contribution < -0.4 is 9.74 Å². The zero-order valence-electron chi connectivity index (χ0n) is 13.5. The first-order valence-corrected chi connectivity index (χ1v) is 9.58. The highest BCUT2D eigenvalue weighted by atomic mass is 32.2. The number of aryl methyl sites for hydroxylation is 1. The summed E-state index contributed by atoms with van der Waals surface area (Å²) in [4.78, 5) is 14.5. The van der Waals surface area contributed by atoms with Crippen molar-refractivity contribution >= 4 is 10.1 Å². The van der Waals surface area contributed by atoms with E-state index in [1.807, 2.05) is 4.90 Å². The second-order valence-corrected chi connectivity index (χ2v) is 7.91. The number of aromatic nitrogens is 1. The number of fused-ring (bicyclic) bond motifs is 1. The van der Waals surface area contributed by atoms with Crippen molar-refractivity contribution in [3.8, 4) is 5.75 Å². The molecule has 0 N–H and O–H groups in total. The fourth-order valence-electron chi connectivity index (χ4n) is 3.33. The van der Waals surface area contributed by atoms with Crippen molar-refractivity contribution in [3.63, 3.8) is 0 Å². The molecule has 1 aromatic heterocycles. The van der Waals surface area contributed by atoms with Gasteiger partial charge in [0.25, 0.3) is 5.56 Å². The van der Waals surface area contributed by atoms with Crippen LogP contribution in [0.3, 0.4) is 0 Å². The van der Waals surface area contributed by atoms with E-state index in [1.165, 1.54) is 4.57 Å². The zero-order chi connectivity index (χ0) is 18.2. The molecule has 10 heteroatoms. The third kappa shape index (κ3) is 3.69. The Kier molecular flexibility index (Phi) is 4.84. The summed E-state index contributed by atoms with van der Waals surface area (Å²) >= 11 is 0. The monoisotopic (exact) mass is 380 g/mol. The first kappa shape index (κ1) is 18.2. The molecular formula is C15H19F3N2O4S. The van der Waals surface area contributed by atoms with Crippen LogP contribution >= 0.6 is 0 Å². The highest BCUT2D eigenvalue weighted by Crippen LogP contribution is 2.29. The predicted octanol–water partition coefficient (Wildman–Crippen LogP) is 2.01. The molecule has 2 aliphatic heterocycles.